The summed E-state index contributed by atoms with van der Waals surface area (Å²) in [4.78, 5) is 8.61. The molecule has 3 heterocycles. The molecule has 9 heteroatoms. The van der Waals surface area contributed by atoms with Crippen LogP contribution in [0.5, 0.6) is 0 Å². The van der Waals surface area contributed by atoms with Crippen molar-refractivity contribution in [2.24, 2.45) is 0 Å². The highest BCUT2D eigenvalue weighted by Gasteiger charge is 2.23. The molecular weight excluding hydrogens is 312 g/mol. The van der Waals surface area contributed by atoms with Crippen molar-refractivity contribution in [1.29, 1.82) is 5.26 Å². The molecule has 110 valence electrons. The molecule has 3 rings (SSSR count). The lowest BCUT2D eigenvalue weighted by atomic mass is 10.3. The summed E-state index contributed by atoms with van der Waals surface area (Å²) < 4.78 is 9.18. The largest absolute Gasteiger partial charge is 0.358 e. The monoisotopic (exact) mass is 324 g/mol. The van der Waals surface area contributed by atoms with Gasteiger partial charge < -0.3 is 9.42 Å². The number of aryl methyl sites for hydroxylation is 1. The zero-order chi connectivity index (χ0) is 14.8. The van der Waals surface area contributed by atoms with Crippen LogP contribution in [0, 0.1) is 18.3 Å². The van der Waals surface area contributed by atoms with Gasteiger partial charge in [-0.25, -0.2) is 0 Å². The minimum Gasteiger partial charge on any atom is -0.358 e. The van der Waals surface area contributed by atoms with Crippen molar-refractivity contribution in [3.8, 4) is 6.07 Å². The molecule has 1 aliphatic heterocycles. The molecule has 2 aromatic heterocycles. The van der Waals surface area contributed by atoms with E-state index < -0.39 is 0 Å². The third-order valence-corrected chi connectivity index (χ3v) is 4.62. The quantitative estimate of drug-likeness (QED) is 0.849. The average Bonchev–Trinajstić information content (AvgIpc) is 3.05. The summed E-state index contributed by atoms with van der Waals surface area (Å²) in [5.74, 6) is 1.29. The van der Waals surface area contributed by atoms with Gasteiger partial charge in [0.25, 0.3) is 0 Å². The second kappa shape index (κ2) is 5.97. The standard InChI is InChI=1S/C12H13ClN6OS/c1-8-15-10(20-16-8)7-18-2-4-19(5-3-18)12-9(6-14)11(13)17-21-12/h2-5,7H2,1H3. The summed E-state index contributed by atoms with van der Waals surface area (Å²) in [7, 11) is 0. The van der Waals surface area contributed by atoms with E-state index in [2.05, 4.69) is 30.4 Å². The Hall–Kier alpha value is -1.69. The third-order valence-electron chi connectivity index (χ3n) is 3.33. The van der Waals surface area contributed by atoms with E-state index in [1.165, 1.54) is 11.5 Å². The molecule has 0 spiro atoms. The lowest BCUT2D eigenvalue weighted by Crippen LogP contribution is -2.46. The summed E-state index contributed by atoms with van der Waals surface area (Å²) in [5.41, 5.74) is 0.475. The number of aromatic nitrogens is 3. The highest BCUT2D eigenvalue weighted by Crippen LogP contribution is 2.31. The Kier molecular flexibility index (Phi) is 4.05. The zero-order valence-electron chi connectivity index (χ0n) is 11.4. The molecule has 0 radical (unpaired) electrons. The summed E-state index contributed by atoms with van der Waals surface area (Å²) >= 11 is 7.19. The lowest BCUT2D eigenvalue weighted by molar-refractivity contribution is 0.215. The van der Waals surface area contributed by atoms with Gasteiger partial charge in [-0.2, -0.15) is 14.6 Å². The van der Waals surface area contributed by atoms with E-state index in [1.54, 1.807) is 0 Å². The van der Waals surface area contributed by atoms with Crippen LogP contribution in [-0.4, -0.2) is 45.6 Å². The highest BCUT2D eigenvalue weighted by molar-refractivity contribution is 7.10. The van der Waals surface area contributed by atoms with Gasteiger partial charge in [0.2, 0.25) is 5.89 Å². The highest BCUT2D eigenvalue weighted by atomic mass is 35.5. The Bertz CT molecular complexity index is 670. The minimum atomic E-state index is 0.293. The van der Waals surface area contributed by atoms with Gasteiger partial charge in [-0.15, -0.1) is 0 Å². The van der Waals surface area contributed by atoms with Crippen LogP contribution in [0.2, 0.25) is 5.15 Å². The molecule has 0 aliphatic carbocycles. The van der Waals surface area contributed by atoms with Crippen LogP contribution in [0.4, 0.5) is 5.00 Å². The molecule has 0 amide bonds. The Morgan fingerprint density at radius 3 is 2.76 bits per heavy atom. The smallest absolute Gasteiger partial charge is 0.240 e. The van der Waals surface area contributed by atoms with Crippen LogP contribution >= 0.6 is 23.1 Å². The average molecular weight is 325 g/mol. The molecule has 1 aliphatic rings. The van der Waals surface area contributed by atoms with E-state index in [9.17, 15) is 0 Å². The molecule has 1 saturated heterocycles. The first-order valence-electron chi connectivity index (χ1n) is 6.49. The predicted molar refractivity (Wildman–Crippen MR) is 78.4 cm³/mol. The summed E-state index contributed by atoms with van der Waals surface area (Å²) in [6.07, 6.45) is 0. The molecule has 0 N–H and O–H groups in total. The number of nitriles is 1. The molecule has 2 aromatic rings. The predicted octanol–water partition coefficient (Wildman–Crippen LogP) is 1.68. The van der Waals surface area contributed by atoms with E-state index in [0.29, 0.717) is 29.0 Å². The number of hydrogen-bond donors (Lipinski definition) is 0. The number of hydrogen-bond acceptors (Lipinski definition) is 8. The van der Waals surface area contributed by atoms with E-state index in [-0.39, 0.29) is 0 Å². The van der Waals surface area contributed by atoms with Crippen LogP contribution in [0.3, 0.4) is 0 Å². The Labute approximate surface area is 130 Å². The lowest BCUT2D eigenvalue weighted by Gasteiger charge is -2.34. The van der Waals surface area contributed by atoms with Crippen molar-refractivity contribution in [1.82, 2.24) is 19.4 Å². The van der Waals surface area contributed by atoms with Gasteiger partial charge in [0.1, 0.15) is 16.6 Å². The van der Waals surface area contributed by atoms with Crippen LogP contribution in [0.25, 0.3) is 0 Å². The van der Waals surface area contributed by atoms with E-state index in [4.69, 9.17) is 21.4 Å². The van der Waals surface area contributed by atoms with Gasteiger partial charge in [-0.1, -0.05) is 16.8 Å². The molecule has 0 unspecified atom stereocenters. The maximum atomic E-state index is 9.14. The van der Waals surface area contributed by atoms with E-state index in [0.717, 1.165) is 31.2 Å². The Balaban J connectivity index is 1.61. The molecule has 7 nitrogen and oxygen atoms in total. The first kappa shape index (κ1) is 14.3. The SMILES string of the molecule is Cc1noc(CN2CCN(c3snc(Cl)c3C#N)CC2)n1. The first-order valence-corrected chi connectivity index (χ1v) is 7.64. The van der Waals surface area contributed by atoms with Crippen molar-refractivity contribution in [2.75, 3.05) is 31.1 Å². The van der Waals surface area contributed by atoms with E-state index >= 15 is 0 Å². The molecule has 0 saturated carbocycles. The van der Waals surface area contributed by atoms with Crippen LogP contribution in [0.1, 0.15) is 17.3 Å². The maximum Gasteiger partial charge on any atom is 0.240 e. The fraction of sp³-hybridized carbons (Fsp3) is 0.500. The number of halogens is 1. The number of rotatable bonds is 3. The Morgan fingerprint density at radius 2 is 2.14 bits per heavy atom. The second-order valence-electron chi connectivity index (χ2n) is 4.76. The van der Waals surface area contributed by atoms with Gasteiger partial charge >= 0.3 is 0 Å². The number of anilines is 1. The van der Waals surface area contributed by atoms with Crippen molar-refractivity contribution in [2.45, 2.75) is 13.5 Å². The van der Waals surface area contributed by atoms with Crippen molar-refractivity contribution < 1.29 is 4.52 Å². The van der Waals surface area contributed by atoms with Gasteiger partial charge in [-0.3, -0.25) is 4.90 Å². The fourth-order valence-electron chi connectivity index (χ4n) is 2.28. The van der Waals surface area contributed by atoms with Crippen LogP contribution in [0.15, 0.2) is 4.52 Å². The maximum absolute atomic E-state index is 9.14. The van der Waals surface area contributed by atoms with Gasteiger partial charge in [0.05, 0.1) is 6.54 Å². The van der Waals surface area contributed by atoms with Crippen molar-refractivity contribution in [3.63, 3.8) is 0 Å². The zero-order valence-corrected chi connectivity index (χ0v) is 13.0. The van der Waals surface area contributed by atoms with Gasteiger partial charge in [0, 0.05) is 26.2 Å². The fourth-order valence-corrected chi connectivity index (χ4v) is 3.36. The van der Waals surface area contributed by atoms with Crippen LogP contribution in [-0.2, 0) is 6.54 Å². The molecular formula is C12H13ClN6OS. The van der Waals surface area contributed by atoms with E-state index in [1.807, 2.05) is 6.92 Å². The first-order chi connectivity index (χ1) is 10.2. The number of nitrogens with zero attached hydrogens (tertiary/aromatic N) is 6. The van der Waals surface area contributed by atoms with Gasteiger partial charge in [0.15, 0.2) is 11.0 Å². The van der Waals surface area contributed by atoms with Crippen molar-refractivity contribution in [3.05, 3.63) is 22.4 Å². The topological polar surface area (TPSA) is 82.1 Å². The summed E-state index contributed by atoms with van der Waals surface area (Å²) in [5, 5.41) is 14.1. The minimum absolute atomic E-state index is 0.293. The van der Waals surface area contributed by atoms with Crippen molar-refractivity contribution >= 4 is 28.1 Å². The van der Waals surface area contributed by atoms with Crippen LogP contribution < -0.4 is 4.90 Å². The molecule has 21 heavy (non-hydrogen) atoms. The molecule has 0 aromatic carbocycles. The molecule has 0 atom stereocenters. The summed E-state index contributed by atoms with van der Waals surface area (Å²) in [6.45, 7) is 5.83. The normalized spacial score (nSPS) is 16.1. The van der Waals surface area contributed by atoms with Gasteiger partial charge in [-0.05, 0) is 18.5 Å². The number of piperazine rings is 1. The second-order valence-corrected chi connectivity index (χ2v) is 5.87. The molecule has 1 fully saturated rings. The summed E-state index contributed by atoms with van der Waals surface area (Å²) in [6, 6.07) is 2.12. The third kappa shape index (κ3) is 3.00. The molecule has 0 bridgehead atoms. The Morgan fingerprint density at radius 1 is 1.38 bits per heavy atom.